The highest BCUT2D eigenvalue weighted by atomic mass is 32.5. The Bertz CT molecular complexity index is 4790. The average Bonchev–Trinajstić information content (AvgIpc) is 1.60. The molecule has 8 saturated heterocycles. The third-order valence-electron chi connectivity index (χ3n) is 20.6. The number of H-pyrrole nitrogens is 3. The molecule has 12 rings (SSSR count). The number of ether oxygens (including phenoxy) is 9. The van der Waals surface area contributed by atoms with E-state index in [4.69, 9.17) is 99.1 Å². The topological polar surface area (TPSA) is 442 Å². The number of aryl methyl sites for hydroxylation is 4. The molecule has 8 fully saturated rings. The normalized spacial score (nSPS) is 31.0. The van der Waals surface area contributed by atoms with E-state index in [1.54, 1.807) is 102 Å². The van der Waals surface area contributed by atoms with E-state index >= 15 is 0 Å². The number of anilines is 1. The summed E-state index contributed by atoms with van der Waals surface area (Å²) in [6, 6.07) is 0. The lowest BCUT2D eigenvalue weighted by Crippen LogP contribution is -2.54. The van der Waals surface area contributed by atoms with Gasteiger partial charge in [0.05, 0.1) is 48.8 Å². The van der Waals surface area contributed by atoms with Crippen LogP contribution in [0, 0.1) is 49.4 Å². The van der Waals surface area contributed by atoms with Crippen LogP contribution >= 0.6 is 21.3 Å². The average molecular weight is 1790 g/mol. The molecule has 8 aliphatic rings. The van der Waals surface area contributed by atoms with Crippen LogP contribution in [0.15, 0.2) is 58.3 Å². The molecule has 120 heavy (non-hydrogen) atoms. The smallest absolute Gasteiger partial charge is 0.383 e. The number of nitrogens with zero attached hydrogens (tertiary/aromatic N) is 5. The van der Waals surface area contributed by atoms with Crippen molar-refractivity contribution in [3.63, 3.8) is 0 Å². The zero-order valence-electron chi connectivity index (χ0n) is 74.9. The molecule has 8 bridgehead atoms. The minimum absolute atomic E-state index is 0.0160. The van der Waals surface area contributed by atoms with Crippen molar-refractivity contribution in [3.8, 4) is 0 Å². The quantitative estimate of drug-likeness (QED) is 0.0455. The van der Waals surface area contributed by atoms with Crippen LogP contribution in [0.3, 0.4) is 0 Å². The van der Waals surface area contributed by atoms with Gasteiger partial charge in [-0.1, -0.05) is 83.1 Å². The Morgan fingerprint density at radius 3 is 0.950 bits per heavy atom. The Kier molecular flexibility index (Phi) is 29.2. The van der Waals surface area contributed by atoms with Crippen molar-refractivity contribution in [1.29, 1.82) is 0 Å². The Morgan fingerprint density at radius 2 is 0.675 bits per heavy atom. The predicted octanol–water partition coefficient (Wildman–Crippen LogP) is 11.0. The lowest BCUT2D eigenvalue weighted by Gasteiger charge is -2.44. The van der Waals surface area contributed by atoms with Crippen molar-refractivity contribution < 1.29 is 89.0 Å². The zero-order valence-corrected chi connectivity index (χ0v) is 79.2. The lowest BCUT2D eigenvalue weighted by molar-refractivity contribution is -0.195. The summed E-state index contributed by atoms with van der Waals surface area (Å²) in [6.45, 7) is 48.0. The van der Waals surface area contributed by atoms with Gasteiger partial charge in [-0.2, -0.15) is 4.98 Å². The molecule has 0 radical (unpaired) electrons. The Morgan fingerprint density at radius 1 is 0.417 bits per heavy atom. The number of fused-ring (bicyclic) bond motifs is 8. The van der Waals surface area contributed by atoms with Gasteiger partial charge in [0.25, 0.3) is 16.7 Å². The molecular weight excluding hydrogens is 1660 g/mol. The standard InChI is InChI=1S/C20H34N3O6PS.C20H33N2O8P.C20H33N2O7PS.C20H32N2O5/c1-12-10-23(17(24)22-15(12)21)16-13-14(28-30(25,31)29-19(5,6)7)20(27-16,8-9-26-13)11-18(2,3)4;1-12-10-22(17(24)21-15(12)23)16-13-14(29-31(25,26)30-19(5,6)7)20(28-16,8-9-27-13)11-18(2,3)4;1-12-10-22(17(24)21-15(12)23)16-13-14(28-30(25,31)29-19(5,6)7)20(27-16,8-9-26-13)11-18(2,3)4;1-12-10-22(17(24)21-15(12)23)16-13-14(26-19(5,6)7)20(27-16,8-9-25-13)11-18(2,3)4/h10,13-14,16H,8-9,11H2,1-7H3,(H,25,31)(H2,21,22,24);10,13-14,16H,8-9,11H2,1-7H3,(H,25,26)(H,21,23,24);10,13-14,16H,8-9,11H2,1-7H3,(H,25,31)(H,21,23,24);10,13-14,16H,8-9,11H2,1-7H3,(H,21,23,24)/t13?,14-,16-,20-,30?;13?,14-,16-,20-;13?,14-,16-,20-,30?;13?,14-,16-,20-/m1111/s1. The second-order valence-electron chi connectivity index (χ2n) is 41.8. The fourth-order valence-electron chi connectivity index (χ4n) is 17.3. The summed E-state index contributed by atoms with van der Waals surface area (Å²) in [5.41, 5.74) is -2.34. The molecule has 35 nitrogen and oxygen atoms in total. The van der Waals surface area contributed by atoms with Gasteiger partial charge in [-0.15, -0.1) is 0 Å². The van der Waals surface area contributed by atoms with E-state index in [-0.39, 0.29) is 44.7 Å². The SMILES string of the molecule is Cc1cn([C@@H]2O[C@@]3(CC(C)(C)C)CCOC2[C@H]3OC(C)(C)C)c(=O)[nH]c1=O.Cc1cn([C@@H]2O[C@@]3(CC(C)(C)C)CCOC2[C@H]3OP(=O)(O)OC(C)(C)C)c(=O)[nH]c1=O.Cc1cn([C@@H]2O[C@@]3(CC(C)(C)C)CCOC2[C@H]3OP(O)(=S)OC(C)(C)C)c(=O)[nH]c1=O.Cc1cn([C@@H]2O[C@@]3(CC(C)(C)C)CCOC2[C@H]3OP(O)(=S)OC(C)(C)C)c(=O)nc1N. The van der Waals surface area contributed by atoms with E-state index < -0.39 is 162 Å². The third-order valence-corrected chi connectivity index (χ3v) is 25.4. The van der Waals surface area contributed by atoms with Gasteiger partial charge in [0, 0.05) is 72.7 Å². The number of aromatic amines is 3. The molecule has 7 unspecified atom stereocenters. The first-order valence-corrected chi connectivity index (χ1v) is 47.4. The van der Waals surface area contributed by atoms with E-state index in [0.29, 0.717) is 93.6 Å². The summed E-state index contributed by atoms with van der Waals surface area (Å²) in [7, 11) is -4.48. The lowest BCUT2D eigenvalue weighted by atomic mass is 9.76. The molecular formula is C80H132N9O26P3S2. The van der Waals surface area contributed by atoms with Crippen LogP contribution in [-0.2, 0) is 98.0 Å². The highest BCUT2D eigenvalue weighted by molar-refractivity contribution is 8.07. The monoisotopic (exact) mass is 1790 g/mol. The number of rotatable bonds is 18. The number of phosphoric ester groups is 1. The first kappa shape index (κ1) is 99.3. The summed E-state index contributed by atoms with van der Waals surface area (Å²) in [6.07, 6.45) is 2.09. The predicted molar refractivity (Wildman–Crippen MR) is 456 cm³/mol. The van der Waals surface area contributed by atoms with Crippen molar-refractivity contribution >= 4 is 50.7 Å². The fraction of sp³-hybridized carbons (Fsp3) is 0.800. The van der Waals surface area contributed by atoms with Gasteiger partial charge in [-0.05, 0) is 182 Å². The molecule has 4 aromatic heterocycles. The molecule has 12 heterocycles. The highest BCUT2D eigenvalue weighted by Gasteiger charge is 2.67. The highest BCUT2D eigenvalue weighted by Crippen LogP contribution is 2.62. The van der Waals surface area contributed by atoms with Crippen molar-refractivity contribution in [2.75, 3.05) is 32.2 Å². The zero-order chi connectivity index (χ0) is 90.4. The fourth-order valence-corrected chi connectivity index (χ4v) is 23.2. The second kappa shape index (κ2) is 35.3. The van der Waals surface area contributed by atoms with E-state index in [0.717, 1.165) is 6.42 Å². The molecule has 0 aliphatic carbocycles. The van der Waals surface area contributed by atoms with Crippen LogP contribution in [0.4, 0.5) is 5.82 Å². The van der Waals surface area contributed by atoms with Crippen LogP contribution in [0.1, 0.15) is 265 Å². The Labute approximate surface area is 711 Å². The molecule has 19 atom stereocenters. The van der Waals surface area contributed by atoms with Crippen molar-refractivity contribution in [2.45, 2.75) is 364 Å². The van der Waals surface area contributed by atoms with Crippen LogP contribution in [-0.4, -0.2) is 173 Å². The van der Waals surface area contributed by atoms with E-state index in [1.807, 2.05) is 41.5 Å². The van der Waals surface area contributed by atoms with Crippen LogP contribution < -0.4 is 45.2 Å². The maximum absolute atomic E-state index is 12.8. The minimum atomic E-state index is -4.48. The molecule has 0 aromatic carbocycles. The maximum Gasteiger partial charge on any atom is 0.473 e. The first-order chi connectivity index (χ1) is 54.4. The molecule has 680 valence electrons. The molecule has 4 aromatic rings. The molecule has 0 saturated carbocycles. The van der Waals surface area contributed by atoms with Crippen LogP contribution in [0.5, 0.6) is 0 Å². The largest absolute Gasteiger partial charge is 0.473 e. The number of phosphoric acid groups is 1. The number of nitrogen functional groups attached to an aromatic ring is 1. The third kappa shape index (κ3) is 24.6. The van der Waals surface area contributed by atoms with Crippen molar-refractivity contribution in [2.24, 2.45) is 21.7 Å². The van der Waals surface area contributed by atoms with Gasteiger partial charge in [-0.25, -0.2) is 23.7 Å². The molecule has 0 spiro atoms. The number of nitrogens with one attached hydrogen (secondary N) is 3. The van der Waals surface area contributed by atoms with Gasteiger partial charge >= 0.3 is 44.0 Å². The van der Waals surface area contributed by atoms with E-state index in [2.05, 4.69) is 82.2 Å². The van der Waals surface area contributed by atoms with Gasteiger partial charge in [0.2, 0.25) is 0 Å². The summed E-state index contributed by atoms with van der Waals surface area (Å²) >= 11 is 10.6. The van der Waals surface area contributed by atoms with E-state index in [9.17, 15) is 52.8 Å². The Balaban J connectivity index is 0.000000182. The van der Waals surface area contributed by atoms with Gasteiger partial charge in [-0.3, -0.25) is 65.7 Å². The number of hydrogen-bond acceptors (Lipinski definition) is 27. The van der Waals surface area contributed by atoms with Gasteiger partial charge in [0.1, 0.15) is 77.1 Å². The van der Waals surface area contributed by atoms with Crippen LogP contribution in [0.25, 0.3) is 0 Å². The number of nitrogens with two attached hydrogens (primary N) is 1. The van der Waals surface area contributed by atoms with E-state index in [1.165, 1.54) is 30.7 Å². The number of aromatic nitrogens is 8. The summed E-state index contributed by atoms with van der Waals surface area (Å²) in [5.74, 6) is 0.171. The van der Waals surface area contributed by atoms with Crippen molar-refractivity contribution in [3.05, 3.63) is 120 Å². The summed E-state index contributed by atoms with van der Waals surface area (Å²) < 4.78 is 109. The maximum atomic E-state index is 12.8. The summed E-state index contributed by atoms with van der Waals surface area (Å²) in [4.78, 5) is 129. The number of hydrogen-bond donors (Lipinski definition) is 7. The second-order valence-corrected chi connectivity index (χ2v) is 48.5. The molecule has 8 aliphatic heterocycles. The van der Waals surface area contributed by atoms with Crippen molar-refractivity contribution in [1.82, 2.24) is 38.2 Å². The molecule has 0 amide bonds. The molecule has 8 N–H and O–H groups in total. The van der Waals surface area contributed by atoms with Gasteiger partial charge < -0.3 is 72.1 Å². The minimum Gasteiger partial charge on any atom is -0.383 e. The Hall–Kier alpha value is -4.47. The summed E-state index contributed by atoms with van der Waals surface area (Å²) in [5, 5.41) is 0. The molecule has 40 heteroatoms. The first-order valence-electron chi connectivity index (χ1n) is 40.7. The van der Waals surface area contributed by atoms with Gasteiger partial charge in [0.15, 0.2) is 24.9 Å². The van der Waals surface area contributed by atoms with Crippen LogP contribution in [0.2, 0.25) is 0 Å².